The van der Waals surface area contributed by atoms with Crippen LogP contribution in [0, 0.1) is 17.3 Å². The van der Waals surface area contributed by atoms with Crippen LogP contribution in [-0.4, -0.2) is 43.0 Å². The molecule has 6 heteroatoms. The molecular weight excluding hydrogens is 400 g/mol. The number of benzene rings is 1. The van der Waals surface area contributed by atoms with E-state index in [0.717, 1.165) is 6.42 Å². The molecule has 2 fully saturated rings. The summed E-state index contributed by atoms with van der Waals surface area (Å²) in [7, 11) is 1.55. The van der Waals surface area contributed by atoms with Crippen LogP contribution in [-0.2, 0) is 4.79 Å². The molecule has 1 aromatic carbocycles. The summed E-state index contributed by atoms with van der Waals surface area (Å²) in [6.07, 6.45) is 6.07. The molecule has 1 heterocycles. The van der Waals surface area contributed by atoms with Crippen molar-refractivity contribution in [3.05, 3.63) is 28.8 Å². The van der Waals surface area contributed by atoms with Gasteiger partial charge in [-0.2, -0.15) is 0 Å². The SMILES string of the molecule is COc1ccc(Cl)cc1C(=O)N1CCC(C(=O)NC2CCCCC2C(C)(C)C)CC1. The van der Waals surface area contributed by atoms with Crippen LogP contribution >= 0.6 is 11.6 Å². The molecule has 166 valence electrons. The zero-order valence-corrected chi connectivity index (χ0v) is 19.4. The molecule has 1 aliphatic carbocycles. The fourth-order valence-electron chi connectivity index (χ4n) is 5.00. The predicted molar refractivity (Wildman–Crippen MR) is 120 cm³/mol. The predicted octanol–water partition coefficient (Wildman–Crippen LogP) is 4.92. The summed E-state index contributed by atoms with van der Waals surface area (Å²) in [6, 6.07) is 5.34. The van der Waals surface area contributed by atoms with Crippen molar-refractivity contribution in [3.8, 4) is 5.75 Å². The van der Waals surface area contributed by atoms with Crippen molar-refractivity contribution in [1.82, 2.24) is 10.2 Å². The van der Waals surface area contributed by atoms with Crippen LogP contribution in [0.3, 0.4) is 0 Å². The van der Waals surface area contributed by atoms with E-state index in [2.05, 4.69) is 26.1 Å². The number of hydrogen-bond acceptors (Lipinski definition) is 3. The number of nitrogens with zero attached hydrogens (tertiary/aromatic N) is 1. The highest BCUT2D eigenvalue weighted by Crippen LogP contribution is 2.38. The van der Waals surface area contributed by atoms with Gasteiger partial charge in [-0.15, -0.1) is 0 Å². The summed E-state index contributed by atoms with van der Waals surface area (Å²) in [5.74, 6) is 1.08. The molecular formula is C24H35ClN2O3. The van der Waals surface area contributed by atoms with Gasteiger partial charge in [-0.05, 0) is 55.2 Å². The monoisotopic (exact) mass is 434 g/mol. The zero-order valence-electron chi connectivity index (χ0n) is 18.7. The number of methoxy groups -OCH3 is 1. The Bertz CT molecular complexity index is 766. The second-order valence-electron chi connectivity index (χ2n) is 9.78. The lowest BCUT2D eigenvalue weighted by atomic mass is 9.69. The first kappa shape index (κ1) is 22.9. The van der Waals surface area contributed by atoms with E-state index >= 15 is 0 Å². The fourth-order valence-corrected chi connectivity index (χ4v) is 5.18. The van der Waals surface area contributed by atoms with Gasteiger partial charge in [0.15, 0.2) is 0 Å². The van der Waals surface area contributed by atoms with Crippen LogP contribution in [0.5, 0.6) is 5.75 Å². The maximum Gasteiger partial charge on any atom is 0.257 e. The van der Waals surface area contributed by atoms with E-state index in [9.17, 15) is 9.59 Å². The second-order valence-corrected chi connectivity index (χ2v) is 10.2. The van der Waals surface area contributed by atoms with E-state index in [1.165, 1.54) is 19.3 Å². The van der Waals surface area contributed by atoms with Crippen molar-refractivity contribution >= 4 is 23.4 Å². The van der Waals surface area contributed by atoms with Gasteiger partial charge in [0.25, 0.3) is 5.91 Å². The molecule has 5 nitrogen and oxygen atoms in total. The topological polar surface area (TPSA) is 58.6 Å². The lowest BCUT2D eigenvalue weighted by molar-refractivity contribution is -0.128. The van der Waals surface area contributed by atoms with Crippen LogP contribution in [0.1, 0.15) is 69.7 Å². The Morgan fingerprint density at radius 1 is 1.10 bits per heavy atom. The van der Waals surface area contributed by atoms with Crippen LogP contribution in [0.2, 0.25) is 5.02 Å². The lowest BCUT2D eigenvalue weighted by Gasteiger charge is -2.41. The first-order chi connectivity index (χ1) is 14.2. The smallest absolute Gasteiger partial charge is 0.257 e. The minimum atomic E-state index is -0.0896. The van der Waals surface area contributed by atoms with Crippen molar-refractivity contribution in [2.45, 2.75) is 65.3 Å². The van der Waals surface area contributed by atoms with Gasteiger partial charge in [0.2, 0.25) is 5.91 Å². The summed E-state index contributed by atoms with van der Waals surface area (Å²) >= 11 is 6.08. The van der Waals surface area contributed by atoms with E-state index in [1.807, 2.05) is 0 Å². The molecule has 1 saturated carbocycles. The molecule has 2 atom stereocenters. The van der Waals surface area contributed by atoms with E-state index in [1.54, 1.807) is 30.2 Å². The molecule has 1 aliphatic heterocycles. The second kappa shape index (κ2) is 9.59. The van der Waals surface area contributed by atoms with Crippen LogP contribution in [0.15, 0.2) is 18.2 Å². The third-order valence-corrected chi connectivity index (χ3v) is 6.99. The molecule has 1 saturated heterocycles. The van der Waals surface area contributed by atoms with Gasteiger partial charge in [0, 0.05) is 30.1 Å². The number of rotatable bonds is 4. The van der Waals surface area contributed by atoms with E-state index in [0.29, 0.717) is 48.2 Å². The highest BCUT2D eigenvalue weighted by Gasteiger charge is 2.36. The van der Waals surface area contributed by atoms with Crippen LogP contribution in [0.4, 0.5) is 0 Å². The first-order valence-corrected chi connectivity index (χ1v) is 11.5. The quantitative estimate of drug-likeness (QED) is 0.731. The fraction of sp³-hybridized carbons (Fsp3) is 0.667. The van der Waals surface area contributed by atoms with Crippen molar-refractivity contribution in [2.24, 2.45) is 17.3 Å². The number of likely N-dealkylation sites (tertiary alicyclic amines) is 1. The van der Waals surface area contributed by atoms with Gasteiger partial charge in [0.05, 0.1) is 12.7 Å². The molecule has 2 aliphatic rings. The Labute approximate surface area is 185 Å². The third kappa shape index (κ3) is 5.29. The minimum Gasteiger partial charge on any atom is -0.496 e. The van der Waals surface area contributed by atoms with Crippen molar-refractivity contribution < 1.29 is 14.3 Å². The van der Waals surface area contributed by atoms with Gasteiger partial charge in [0.1, 0.15) is 5.75 Å². The lowest BCUT2D eigenvalue weighted by Crippen LogP contribution is -2.50. The van der Waals surface area contributed by atoms with Crippen LogP contribution < -0.4 is 10.1 Å². The normalized spacial score (nSPS) is 23.2. The Hall–Kier alpha value is -1.75. The van der Waals surface area contributed by atoms with Crippen molar-refractivity contribution in [3.63, 3.8) is 0 Å². The molecule has 30 heavy (non-hydrogen) atoms. The number of piperidine rings is 1. The van der Waals surface area contributed by atoms with Gasteiger partial charge in [-0.1, -0.05) is 45.2 Å². The maximum atomic E-state index is 13.0. The molecule has 0 radical (unpaired) electrons. The Morgan fingerprint density at radius 3 is 2.40 bits per heavy atom. The van der Waals surface area contributed by atoms with E-state index in [4.69, 9.17) is 16.3 Å². The van der Waals surface area contributed by atoms with Gasteiger partial charge in [-0.3, -0.25) is 9.59 Å². The Kier molecular flexibility index (Phi) is 7.33. The molecule has 0 bridgehead atoms. The largest absolute Gasteiger partial charge is 0.496 e. The average Bonchev–Trinajstić information content (AvgIpc) is 2.73. The molecule has 2 unspecified atom stereocenters. The minimum absolute atomic E-state index is 0.0298. The van der Waals surface area contributed by atoms with Crippen molar-refractivity contribution in [1.29, 1.82) is 0 Å². The summed E-state index contributed by atoms with van der Waals surface area (Å²) in [6.45, 7) is 7.96. The standard InChI is InChI=1S/C24H35ClN2O3/c1-24(2,3)19-7-5-6-8-20(19)26-22(28)16-11-13-27(14-12-16)23(29)18-15-17(25)9-10-21(18)30-4/h9-10,15-16,19-20H,5-8,11-14H2,1-4H3,(H,26,28). The maximum absolute atomic E-state index is 13.0. The summed E-state index contributed by atoms with van der Waals surface area (Å²) in [5.41, 5.74) is 0.674. The zero-order chi connectivity index (χ0) is 21.9. The number of amides is 2. The molecule has 2 amide bonds. The average molecular weight is 435 g/mol. The number of carbonyl (C=O) groups is 2. The molecule has 1 aromatic rings. The van der Waals surface area contributed by atoms with Crippen molar-refractivity contribution in [2.75, 3.05) is 20.2 Å². The highest BCUT2D eigenvalue weighted by atomic mass is 35.5. The molecule has 0 spiro atoms. The number of ether oxygens (including phenoxy) is 1. The Balaban J connectivity index is 1.58. The van der Waals surface area contributed by atoms with Crippen LogP contribution in [0.25, 0.3) is 0 Å². The number of hydrogen-bond donors (Lipinski definition) is 1. The highest BCUT2D eigenvalue weighted by molar-refractivity contribution is 6.31. The third-order valence-electron chi connectivity index (χ3n) is 6.75. The number of halogens is 1. The first-order valence-electron chi connectivity index (χ1n) is 11.1. The number of carbonyl (C=O) groups excluding carboxylic acids is 2. The van der Waals surface area contributed by atoms with Gasteiger partial charge in [-0.25, -0.2) is 0 Å². The summed E-state index contributed by atoms with van der Waals surface area (Å²) in [5, 5.41) is 3.88. The summed E-state index contributed by atoms with van der Waals surface area (Å²) < 4.78 is 5.32. The summed E-state index contributed by atoms with van der Waals surface area (Å²) in [4.78, 5) is 27.7. The van der Waals surface area contributed by atoms with E-state index in [-0.39, 0.29) is 29.2 Å². The number of nitrogens with one attached hydrogen (secondary N) is 1. The van der Waals surface area contributed by atoms with Gasteiger partial charge >= 0.3 is 0 Å². The van der Waals surface area contributed by atoms with Gasteiger partial charge < -0.3 is 15.0 Å². The Morgan fingerprint density at radius 2 is 1.77 bits per heavy atom. The molecule has 1 N–H and O–H groups in total. The van der Waals surface area contributed by atoms with E-state index < -0.39 is 0 Å². The molecule has 3 rings (SSSR count). The molecule has 0 aromatic heterocycles.